The Kier molecular flexibility index (Phi) is 6.09. The number of para-hydroxylation sites is 1. The zero-order valence-corrected chi connectivity index (χ0v) is 16.2. The first-order chi connectivity index (χ1) is 14.6. The molecule has 1 fully saturated rings. The minimum absolute atomic E-state index is 0.0400. The van der Waals surface area contributed by atoms with E-state index in [2.05, 4.69) is 5.32 Å². The molecule has 0 bridgehead atoms. The molecule has 1 heterocycles. The van der Waals surface area contributed by atoms with Crippen molar-refractivity contribution < 1.29 is 37.1 Å². The van der Waals surface area contributed by atoms with Crippen molar-refractivity contribution in [3.63, 3.8) is 0 Å². The number of benzene rings is 2. The van der Waals surface area contributed by atoms with Crippen molar-refractivity contribution in [2.45, 2.75) is 32.0 Å². The van der Waals surface area contributed by atoms with Gasteiger partial charge in [-0.05, 0) is 43.3 Å². The third-order valence-electron chi connectivity index (χ3n) is 4.56. The number of alkyl halides is 3. The van der Waals surface area contributed by atoms with Crippen LogP contribution in [0.4, 0.5) is 24.5 Å². The molecule has 2 aromatic rings. The molecule has 31 heavy (non-hydrogen) atoms. The smallest absolute Gasteiger partial charge is 0.418 e. The van der Waals surface area contributed by atoms with Crippen LogP contribution < -0.4 is 10.2 Å². The fraction of sp³-hybridized carbons (Fsp3) is 0.238. The number of halogens is 3. The molecule has 0 saturated carbocycles. The van der Waals surface area contributed by atoms with E-state index >= 15 is 0 Å². The molecule has 1 atom stereocenters. The molecule has 0 spiro atoms. The van der Waals surface area contributed by atoms with Gasteiger partial charge >= 0.3 is 12.1 Å². The van der Waals surface area contributed by atoms with Crippen molar-refractivity contribution in [1.29, 1.82) is 0 Å². The molecule has 1 aliphatic rings. The Hall–Kier alpha value is -3.69. The van der Waals surface area contributed by atoms with Crippen molar-refractivity contribution in [2.75, 3.05) is 10.2 Å². The van der Waals surface area contributed by atoms with Crippen molar-refractivity contribution in [2.24, 2.45) is 0 Å². The van der Waals surface area contributed by atoms with Crippen LogP contribution in [0.25, 0.3) is 0 Å². The molecule has 0 aliphatic carbocycles. The first-order valence-electron chi connectivity index (χ1n) is 9.22. The monoisotopic (exact) mass is 434 g/mol. The second-order valence-electron chi connectivity index (χ2n) is 6.75. The molecule has 0 aromatic heterocycles. The molecule has 3 rings (SSSR count). The minimum atomic E-state index is -4.66. The fourth-order valence-electron chi connectivity index (χ4n) is 2.97. The average Bonchev–Trinajstić information content (AvgIpc) is 3.05. The summed E-state index contributed by atoms with van der Waals surface area (Å²) in [5, 5.41) is 2.11. The third kappa shape index (κ3) is 4.90. The van der Waals surface area contributed by atoms with Gasteiger partial charge in [0.1, 0.15) is 0 Å². The first kappa shape index (κ1) is 22.0. The van der Waals surface area contributed by atoms with Crippen molar-refractivity contribution in [3.8, 4) is 0 Å². The van der Waals surface area contributed by atoms with E-state index in [9.17, 15) is 32.3 Å². The Morgan fingerprint density at radius 1 is 1.00 bits per heavy atom. The van der Waals surface area contributed by atoms with E-state index in [1.165, 1.54) is 43.3 Å². The number of hydrogen-bond donors (Lipinski definition) is 1. The van der Waals surface area contributed by atoms with Gasteiger partial charge in [0.25, 0.3) is 5.91 Å². The van der Waals surface area contributed by atoms with E-state index in [0.717, 1.165) is 17.0 Å². The largest absolute Gasteiger partial charge is 0.449 e. The van der Waals surface area contributed by atoms with Gasteiger partial charge in [-0.1, -0.05) is 12.1 Å². The van der Waals surface area contributed by atoms with Gasteiger partial charge in [0.15, 0.2) is 6.10 Å². The lowest BCUT2D eigenvalue weighted by Gasteiger charge is -2.17. The number of nitrogens with zero attached hydrogens (tertiary/aromatic N) is 1. The lowest BCUT2D eigenvalue weighted by atomic mass is 10.1. The molecule has 1 unspecified atom stereocenters. The number of esters is 1. The van der Waals surface area contributed by atoms with Crippen LogP contribution in [0.2, 0.25) is 0 Å². The lowest BCUT2D eigenvalue weighted by Crippen LogP contribution is -2.31. The first-order valence-corrected chi connectivity index (χ1v) is 9.22. The average molecular weight is 434 g/mol. The number of nitrogens with one attached hydrogen (secondary N) is 1. The molecule has 3 amide bonds. The maximum atomic E-state index is 13.0. The highest BCUT2D eigenvalue weighted by Gasteiger charge is 2.34. The van der Waals surface area contributed by atoms with Gasteiger partial charge in [-0.15, -0.1) is 0 Å². The SMILES string of the molecule is CC(OC(=O)c1ccc(N2C(=O)CCC2=O)cc1)C(=O)Nc1ccccc1C(F)(F)F. The van der Waals surface area contributed by atoms with Crippen LogP contribution in [0.15, 0.2) is 48.5 Å². The van der Waals surface area contributed by atoms with Gasteiger partial charge < -0.3 is 10.1 Å². The molecule has 10 heteroatoms. The molecule has 1 aliphatic heterocycles. The molecular formula is C21H17F3N2O5. The summed E-state index contributed by atoms with van der Waals surface area (Å²) in [6, 6.07) is 9.86. The number of anilines is 2. The Bertz CT molecular complexity index is 1020. The number of carbonyl (C=O) groups is 4. The zero-order chi connectivity index (χ0) is 22.8. The summed E-state index contributed by atoms with van der Waals surface area (Å²) >= 11 is 0. The number of imide groups is 1. The molecule has 2 aromatic carbocycles. The molecule has 1 N–H and O–H groups in total. The van der Waals surface area contributed by atoms with E-state index in [1.807, 2.05) is 0 Å². The predicted octanol–water partition coefficient (Wildman–Crippen LogP) is 3.54. The van der Waals surface area contributed by atoms with Crippen molar-refractivity contribution in [3.05, 3.63) is 59.7 Å². The van der Waals surface area contributed by atoms with Crippen molar-refractivity contribution in [1.82, 2.24) is 0 Å². The van der Waals surface area contributed by atoms with Gasteiger partial charge in [-0.3, -0.25) is 19.3 Å². The Morgan fingerprint density at radius 2 is 1.58 bits per heavy atom. The normalized spacial score (nSPS) is 15.0. The molecular weight excluding hydrogens is 417 g/mol. The predicted molar refractivity (Wildman–Crippen MR) is 103 cm³/mol. The molecule has 7 nitrogen and oxygen atoms in total. The summed E-state index contributed by atoms with van der Waals surface area (Å²) in [6.45, 7) is 1.22. The highest BCUT2D eigenvalue weighted by Crippen LogP contribution is 2.34. The highest BCUT2D eigenvalue weighted by molar-refractivity contribution is 6.19. The van der Waals surface area contributed by atoms with Crippen LogP contribution in [0, 0.1) is 0 Å². The summed E-state index contributed by atoms with van der Waals surface area (Å²) in [5.74, 6) is -2.51. The van der Waals surface area contributed by atoms with E-state index in [-0.39, 0.29) is 30.2 Å². The van der Waals surface area contributed by atoms with Crippen LogP contribution in [-0.2, 0) is 25.3 Å². The summed E-state index contributed by atoms with van der Waals surface area (Å²) < 4.78 is 44.2. The van der Waals surface area contributed by atoms with E-state index < -0.39 is 35.4 Å². The Balaban J connectivity index is 1.65. The maximum absolute atomic E-state index is 13.0. The van der Waals surface area contributed by atoms with E-state index in [4.69, 9.17) is 4.74 Å². The Morgan fingerprint density at radius 3 is 2.16 bits per heavy atom. The number of carbonyl (C=O) groups excluding carboxylic acids is 4. The zero-order valence-electron chi connectivity index (χ0n) is 16.2. The van der Waals surface area contributed by atoms with Gasteiger partial charge in [0.05, 0.1) is 22.5 Å². The second-order valence-corrected chi connectivity index (χ2v) is 6.75. The molecule has 1 saturated heterocycles. The molecule has 0 radical (unpaired) electrons. The topological polar surface area (TPSA) is 92.8 Å². The highest BCUT2D eigenvalue weighted by atomic mass is 19.4. The van der Waals surface area contributed by atoms with Gasteiger partial charge in [0, 0.05) is 12.8 Å². The van der Waals surface area contributed by atoms with Crippen LogP contribution in [0.3, 0.4) is 0 Å². The van der Waals surface area contributed by atoms with Crippen LogP contribution in [0.5, 0.6) is 0 Å². The van der Waals surface area contributed by atoms with Crippen LogP contribution in [0.1, 0.15) is 35.7 Å². The summed E-state index contributed by atoms with van der Waals surface area (Å²) in [7, 11) is 0. The quantitative estimate of drug-likeness (QED) is 0.574. The standard InChI is InChI=1S/C21H17F3N2O5/c1-12(19(29)25-16-5-3-2-4-15(16)21(22,23)24)31-20(30)13-6-8-14(9-7-13)26-17(27)10-11-18(26)28/h2-9,12H,10-11H2,1H3,(H,25,29). The second kappa shape index (κ2) is 8.58. The maximum Gasteiger partial charge on any atom is 0.418 e. The van der Waals surface area contributed by atoms with Crippen LogP contribution in [-0.4, -0.2) is 29.8 Å². The third-order valence-corrected chi connectivity index (χ3v) is 4.56. The summed E-state index contributed by atoms with van der Waals surface area (Å²) in [4.78, 5) is 49.0. The fourth-order valence-corrected chi connectivity index (χ4v) is 2.97. The van der Waals surface area contributed by atoms with Crippen LogP contribution >= 0.6 is 0 Å². The van der Waals surface area contributed by atoms with E-state index in [1.54, 1.807) is 0 Å². The van der Waals surface area contributed by atoms with Crippen molar-refractivity contribution >= 4 is 35.1 Å². The number of hydrogen-bond acceptors (Lipinski definition) is 5. The molecule has 162 valence electrons. The van der Waals surface area contributed by atoms with Gasteiger partial charge in [0.2, 0.25) is 11.8 Å². The number of amides is 3. The summed E-state index contributed by atoms with van der Waals surface area (Å²) in [6.07, 6.45) is -5.81. The summed E-state index contributed by atoms with van der Waals surface area (Å²) in [5.41, 5.74) is -1.13. The van der Waals surface area contributed by atoms with E-state index in [0.29, 0.717) is 5.69 Å². The lowest BCUT2D eigenvalue weighted by molar-refractivity contribution is -0.137. The minimum Gasteiger partial charge on any atom is -0.449 e. The Labute approximate surface area is 174 Å². The number of rotatable bonds is 5. The van der Waals surface area contributed by atoms with Gasteiger partial charge in [-0.2, -0.15) is 13.2 Å². The number of ether oxygens (including phenoxy) is 1. The van der Waals surface area contributed by atoms with Gasteiger partial charge in [-0.25, -0.2) is 4.79 Å².